The molecule has 0 radical (unpaired) electrons. The molecule has 118 valence electrons. The van der Waals surface area contributed by atoms with E-state index in [0.717, 1.165) is 31.8 Å². The van der Waals surface area contributed by atoms with Crippen LogP contribution in [0, 0.1) is 16.0 Å². The van der Waals surface area contributed by atoms with E-state index in [1.807, 2.05) is 0 Å². The third-order valence-corrected chi connectivity index (χ3v) is 5.51. The molecule has 2 heterocycles. The first-order valence-corrected chi connectivity index (χ1v) is 8.55. The molecule has 1 aliphatic heterocycles. The monoisotopic (exact) mass is 312 g/mol. The molecule has 1 aromatic rings. The molecule has 1 fully saturated rings. The predicted molar refractivity (Wildman–Crippen MR) is 86.1 cm³/mol. The van der Waals surface area contributed by atoms with Crippen molar-refractivity contribution in [2.24, 2.45) is 5.92 Å². The van der Waals surface area contributed by atoms with Crippen LogP contribution in [-0.2, 0) is 0 Å². The highest BCUT2D eigenvalue weighted by atomic mass is 32.1. The molecule has 21 heavy (non-hydrogen) atoms. The normalized spacial score (nSPS) is 21.1. The molecular weight excluding hydrogens is 288 g/mol. The van der Waals surface area contributed by atoms with Gasteiger partial charge in [-0.1, -0.05) is 19.8 Å². The van der Waals surface area contributed by atoms with E-state index in [1.165, 1.54) is 36.7 Å². The van der Waals surface area contributed by atoms with Crippen LogP contribution in [0.2, 0.25) is 0 Å². The number of nitro groups is 1. The maximum Gasteiger partial charge on any atom is 0.304 e. The standard InChI is InChI=1S/C15H24N2O3S/c1-3-5-12-6-4-8-16(9-7-12)15-13(17(19)20)10-14(21-15)11(2)18/h10-12,18H,3-9H2,1-2H3. The van der Waals surface area contributed by atoms with Crippen molar-refractivity contribution in [1.82, 2.24) is 0 Å². The highest BCUT2D eigenvalue weighted by Crippen LogP contribution is 2.41. The predicted octanol–water partition coefficient (Wildman–Crippen LogP) is 4.12. The molecule has 0 amide bonds. The second kappa shape index (κ2) is 7.22. The summed E-state index contributed by atoms with van der Waals surface area (Å²) >= 11 is 1.36. The van der Waals surface area contributed by atoms with Crippen LogP contribution in [0.25, 0.3) is 0 Å². The van der Waals surface area contributed by atoms with Gasteiger partial charge in [-0.15, -0.1) is 11.3 Å². The topological polar surface area (TPSA) is 66.6 Å². The number of aliphatic hydroxyl groups excluding tert-OH is 1. The Bertz CT molecular complexity index is 487. The van der Waals surface area contributed by atoms with Gasteiger partial charge in [0, 0.05) is 24.0 Å². The van der Waals surface area contributed by atoms with E-state index in [9.17, 15) is 15.2 Å². The molecule has 1 aromatic heterocycles. The Morgan fingerprint density at radius 3 is 2.90 bits per heavy atom. The van der Waals surface area contributed by atoms with E-state index in [-0.39, 0.29) is 10.6 Å². The number of rotatable bonds is 5. The lowest BCUT2D eigenvalue weighted by molar-refractivity contribution is -0.383. The third kappa shape index (κ3) is 3.95. The van der Waals surface area contributed by atoms with Gasteiger partial charge in [-0.25, -0.2) is 0 Å². The summed E-state index contributed by atoms with van der Waals surface area (Å²) in [5.74, 6) is 0.746. The van der Waals surface area contributed by atoms with Crippen LogP contribution < -0.4 is 4.90 Å². The van der Waals surface area contributed by atoms with E-state index >= 15 is 0 Å². The van der Waals surface area contributed by atoms with Gasteiger partial charge in [0.15, 0.2) is 5.00 Å². The summed E-state index contributed by atoms with van der Waals surface area (Å²) in [5, 5.41) is 21.7. The van der Waals surface area contributed by atoms with Crippen molar-refractivity contribution in [3.63, 3.8) is 0 Å². The molecule has 2 unspecified atom stereocenters. The van der Waals surface area contributed by atoms with Gasteiger partial charge in [0.05, 0.1) is 11.0 Å². The number of hydrogen-bond donors (Lipinski definition) is 1. The Kier molecular flexibility index (Phi) is 5.58. The smallest absolute Gasteiger partial charge is 0.304 e. The van der Waals surface area contributed by atoms with Gasteiger partial charge >= 0.3 is 5.69 Å². The summed E-state index contributed by atoms with van der Waals surface area (Å²) in [7, 11) is 0. The Labute approximate surface area is 129 Å². The molecule has 1 saturated heterocycles. The lowest BCUT2D eigenvalue weighted by atomic mass is 9.96. The van der Waals surface area contributed by atoms with E-state index in [0.29, 0.717) is 9.88 Å². The summed E-state index contributed by atoms with van der Waals surface area (Å²) in [6.07, 6.45) is 5.21. The van der Waals surface area contributed by atoms with E-state index in [1.54, 1.807) is 6.92 Å². The van der Waals surface area contributed by atoms with Crippen molar-refractivity contribution in [1.29, 1.82) is 0 Å². The minimum absolute atomic E-state index is 0.143. The number of hydrogen-bond acceptors (Lipinski definition) is 5. The fourth-order valence-corrected chi connectivity index (χ4v) is 4.13. The van der Waals surface area contributed by atoms with Crippen molar-refractivity contribution >= 4 is 22.0 Å². The molecule has 6 heteroatoms. The lowest BCUT2D eigenvalue weighted by Gasteiger charge is -2.20. The largest absolute Gasteiger partial charge is 0.388 e. The van der Waals surface area contributed by atoms with Crippen LogP contribution in [0.15, 0.2) is 6.07 Å². The molecule has 0 bridgehead atoms. The van der Waals surface area contributed by atoms with E-state index in [4.69, 9.17) is 0 Å². The summed E-state index contributed by atoms with van der Waals surface area (Å²) in [4.78, 5) is 13.7. The maximum atomic E-state index is 11.3. The van der Waals surface area contributed by atoms with Crippen molar-refractivity contribution in [3.05, 3.63) is 21.1 Å². The zero-order chi connectivity index (χ0) is 15.4. The Morgan fingerprint density at radius 2 is 2.29 bits per heavy atom. The third-order valence-electron chi connectivity index (χ3n) is 4.15. The molecule has 0 aliphatic carbocycles. The first-order valence-electron chi connectivity index (χ1n) is 7.74. The average molecular weight is 312 g/mol. The van der Waals surface area contributed by atoms with E-state index in [2.05, 4.69) is 11.8 Å². The Hall–Kier alpha value is -1.14. The van der Waals surface area contributed by atoms with Gasteiger partial charge in [-0.05, 0) is 32.1 Å². The summed E-state index contributed by atoms with van der Waals surface area (Å²) < 4.78 is 0. The van der Waals surface area contributed by atoms with Gasteiger partial charge in [-0.3, -0.25) is 10.1 Å². The van der Waals surface area contributed by atoms with Gasteiger partial charge in [-0.2, -0.15) is 0 Å². The SMILES string of the molecule is CCCC1CCCN(c2sc(C(C)O)cc2[N+](=O)[O-])CC1. The van der Waals surface area contributed by atoms with Crippen LogP contribution in [0.5, 0.6) is 0 Å². The molecule has 1 aliphatic rings. The van der Waals surface area contributed by atoms with Crippen LogP contribution in [0.4, 0.5) is 10.7 Å². The quantitative estimate of drug-likeness (QED) is 0.656. The van der Waals surface area contributed by atoms with Crippen molar-refractivity contribution in [2.45, 2.75) is 52.1 Å². The molecule has 1 N–H and O–H groups in total. The maximum absolute atomic E-state index is 11.3. The number of anilines is 1. The van der Waals surface area contributed by atoms with E-state index < -0.39 is 6.10 Å². The lowest BCUT2D eigenvalue weighted by Crippen LogP contribution is -2.23. The van der Waals surface area contributed by atoms with Crippen molar-refractivity contribution < 1.29 is 10.0 Å². The second-order valence-electron chi connectivity index (χ2n) is 5.84. The van der Waals surface area contributed by atoms with Gasteiger partial charge in [0.1, 0.15) is 0 Å². The van der Waals surface area contributed by atoms with Gasteiger partial charge in [0.2, 0.25) is 0 Å². The fourth-order valence-electron chi connectivity index (χ4n) is 3.02. The van der Waals surface area contributed by atoms with Crippen LogP contribution in [-0.4, -0.2) is 23.1 Å². The number of aliphatic hydroxyl groups is 1. The zero-order valence-corrected chi connectivity index (χ0v) is 13.6. The molecule has 0 spiro atoms. The molecule has 0 aromatic carbocycles. The minimum atomic E-state index is -0.651. The fraction of sp³-hybridized carbons (Fsp3) is 0.733. The number of nitrogens with zero attached hydrogens (tertiary/aromatic N) is 2. The van der Waals surface area contributed by atoms with Crippen LogP contribution >= 0.6 is 11.3 Å². The highest BCUT2D eigenvalue weighted by molar-refractivity contribution is 7.16. The molecule has 5 nitrogen and oxygen atoms in total. The summed E-state index contributed by atoms with van der Waals surface area (Å²) in [6.45, 7) is 5.62. The molecular formula is C15H24N2O3S. The molecule has 0 saturated carbocycles. The van der Waals surface area contributed by atoms with Crippen molar-refractivity contribution in [2.75, 3.05) is 18.0 Å². The van der Waals surface area contributed by atoms with Gasteiger partial charge < -0.3 is 10.0 Å². The molecule has 2 atom stereocenters. The van der Waals surface area contributed by atoms with Crippen molar-refractivity contribution in [3.8, 4) is 0 Å². The van der Waals surface area contributed by atoms with Crippen LogP contribution in [0.3, 0.4) is 0 Å². The first-order chi connectivity index (χ1) is 10.0. The minimum Gasteiger partial charge on any atom is -0.388 e. The zero-order valence-electron chi connectivity index (χ0n) is 12.7. The molecule has 2 rings (SSSR count). The average Bonchev–Trinajstić information content (AvgIpc) is 2.76. The summed E-state index contributed by atoms with van der Waals surface area (Å²) in [5.41, 5.74) is 0.143. The van der Waals surface area contributed by atoms with Gasteiger partial charge in [0.25, 0.3) is 0 Å². The summed E-state index contributed by atoms with van der Waals surface area (Å²) in [6, 6.07) is 1.53. The first kappa shape index (κ1) is 16.2. The Morgan fingerprint density at radius 1 is 1.52 bits per heavy atom. The Balaban J connectivity index is 2.18. The van der Waals surface area contributed by atoms with Crippen LogP contribution in [0.1, 0.15) is 56.9 Å². The number of thiophene rings is 1. The second-order valence-corrected chi connectivity index (χ2v) is 6.91. The highest BCUT2D eigenvalue weighted by Gasteiger charge is 2.27.